The van der Waals surface area contributed by atoms with Crippen molar-refractivity contribution in [2.24, 2.45) is 0 Å². The van der Waals surface area contributed by atoms with E-state index in [0.29, 0.717) is 0 Å². The van der Waals surface area contributed by atoms with E-state index in [4.69, 9.17) is 0 Å². The Kier molecular flexibility index (Phi) is 8.77. The van der Waals surface area contributed by atoms with Gasteiger partial charge in [0.15, 0.2) is 0 Å². The lowest BCUT2D eigenvalue weighted by Gasteiger charge is -2.44. The van der Waals surface area contributed by atoms with Crippen molar-refractivity contribution in [2.75, 3.05) is 4.81 Å². The molecule has 13 rings (SSSR count). The molecule has 10 aromatic rings. The van der Waals surface area contributed by atoms with Crippen molar-refractivity contribution in [3.63, 3.8) is 0 Å². The molecule has 0 bridgehead atoms. The van der Waals surface area contributed by atoms with Gasteiger partial charge in [0.05, 0.1) is 11.0 Å². The lowest BCUT2D eigenvalue weighted by atomic mass is 9.43. The molecule has 8 aromatic carbocycles. The fraction of sp³-hybridized carbons (Fsp3) is 0.231. The lowest BCUT2D eigenvalue weighted by molar-refractivity contribution is 0.590. The van der Waals surface area contributed by atoms with Crippen LogP contribution in [0.3, 0.4) is 0 Å². The average molecular weight is 911 g/mol. The van der Waals surface area contributed by atoms with E-state index in [1.807, 2.05) is 11.3 Å². The van der Waals surface area contributed by atoms with Gasteiger partial charge in [-0.3, -0.25) is 0 Å². The van der Waals surface area contributed by atoms with E-state index in [9.17, 15) is 0 Å². The maximum absolute atomic E-state index is 2.73. The third-order valence-electron chi connectivity index (χ3n) is 16.0. The molecule has 3 aliphatic rings. The molecular formula is C65H59BN2S. The van der Waals surface area contributed by atoms with Crippen molar-refractivity contribution in [3.8, 4) is 49.5 Å². The number of benzene rings is 8. The zero-order chi connectivity index (χ0) is 47.7. The monoisotopic (exact) mass is 910 g/mol. The zero-order valence-corrected chi connectivity index (χ0v) is 42.7. The van der Waals surface area contributed by atoms with Crippen LogP contribution in [0.5, 0.6) is 0 Å². The maximum Gasteiger partial charge on any atom is 0.333 e. The first kappa shape index (κ1) is 42.5. The Labute approximate surface area is 412 Å². The number of hydrogen-bond acceptors (Lipinski definition) is 2. The SMILES string of the molecule is CC(C)(C)c1ccc(N2B3c4cc5sc(-c6ccccc6)c(-c6ccccc6)c5cc4-n4c5ccc(C(C)(C)C)cc5c5c6c(c(c3c54)-c3cc(C(C)(C)C)ccc32)C(C)(C)c2ccccc2-6)cc1. The van der Waals surface area contributed by atoms with Crippen LogP contribution in [0, 0.1) is 0 Å². The number of hydrogen-bond donors (Lipinski definition) is 0. The van der Waals surface area contributed by atoms with Gasteiger partial charge in [-0.25, -0.2) is 0 Å². The summed E-state index contributed by atoms with van der Waals surface area (Å²) >= 11 is 1.94. The largest absolute Gasteiger partial charge is 0.376 e. The standard InChI is InChI=1S/C65H59BN2S/c1-62(2,3)40-26-30-43(31-27-40)68-51-33-29-42(64(7,8)9)35-46(51)57-58-55(44-24-18-19-25-48(44)65(58,10)11)56-45-34-41(63(4,5)6)28-32-50(45)67-52-36-47-53(37-49(52)66(68)59(57)60(56)67)69-61(39-22-16-13-17-23-39)54(47)38-20-14-12-15-21-38/h12-37H,1-11H3. The smallest absolute Gasteiger partial charge is 0.333 e. The van der Waals surface area contributed by atoms with E-state index < -0.39 is 0 Å². The van der Waals surface area contributed by atoms with Crippen LogP contribution in [0.25, 0.3) is 81.4 Å². The van der Waals surface area contributed by atoms with E-state index in [0.717, 1.165) is 0 Å². The van der Waals surface area contributed by atoms with E-state index in [2.05, 4.69) is 243 Å². The van der Waals surface area contributed by atoms with E-state index >= 15 is 0 Å². The minimum Gasteiger partial charge on any atom is -0.376 e. The van der Waals surface area contributed by atoms with Gasteiger partial charge in [0.25, 0.3) is 0 Å². The fourth-order valence-corrected chi connectivity index (χ4v) is 13.7. The van der Waals surface area contributed by atoms with Gasteiger partial charge >= 0.3 is 6.85 Å². The normalized spacial score (nSPS) is 14.7. The summed E-state index contributed by atoms with van der Waals surface area (Å²) in [5, 5.41) is 4.02. The van der Waals surface area contributed by atoms with Crippen LogP contribution < -0.4 is 15.7 Å². The van der Waals surface area contributed by atoms with Crippen molar-refractivity contribution in [1.82, 2.24) is 4.57 Å². The van der Waals surface area contributed by atoms with Gasteiger partial charge in [0.2, 0.25) is 0 Å². The second kappa shape index (κ2) is 14.2. The summed E-state index contributed by atoms with van der Waals surface area (Å²) in [6, 6.07) is 61.1. The Morgan fingerprint density at radius 3 is 1.80 bits per heavy atom. The number of anilines is 2. The maximum atomic E-state index is 2.73. The number of thiophene rings is 1. The molecule has 4 heterocycles. The highest BCUT2D eigenvalue weighted by atomic mass is 32.1. The third kappa shape index (κ3) is 5.97. The summed E-state index contributed by atoms with van der Waals surface area (Å²) in [6.45, 7) is 26.0. The average Bonchev–Trinajstić information content (AvgIpc) is 3.95. The Morgan fingerprint density at radius 2 is 1.12 bits per heavy atom. The number of nitrogens with zero attached hydrogens (tertiary/aromatic N) is 2. The summed E-state index contributed by atoms with van der Waals surface area (Å²) in [7, 11) is 0. The molecule has 2 nitrogen and oxygen atoms in total. The second-order valence-electron chi connectivity index (χ2n) is 23.7. The summed E-state index contributed by atoms with van der Waals surface area (Å²) in [5.41, 5.74) is 25.1. The molecule has 0 radical (unpaired) electrons. The zero-order valence-electron chi connectivity index (χ0n) is 41.9. The van der Waals surface area contributed by atoms with E-state index in [1.165, 1.54) is 132 Å². The predicted octanol–water partition coefficient (Wildman–Crippen LogP) is 16.8. The van der Waals surface area contributed by atoms with E-state index in [1.54, 1.807) is 0 Å². The molecule has 0 spiro atoms. The third-order valence-corrected chi connectivity index (χ3v) is 17.2. The first-order valence-electron chi connectivity index (χ1n) is 25.0. The second-order valence-corrected chi connectivity index (χ2v) is 24.8. The molecular weight excluding hydrogens is 852 g/mol. The molecule has 0 fully saturated rings. The molecule has 0 saturated carbocycles. The van der Waals surface area contributed by atoms with Crippen LogP contribution in [0.2, 0.25) is 0 Å². The molecule has 4 heteroatoms. The van der Waals surface area contributed by atoms with Gasteiger partial charge < -0.3 is 9.38 Å². The van der Waals surface area contributed by atoms with Crippen molar-refractivity contribution in [3.05, 3.63) is 186 Å². The van der Waals surface area contributed by atoms with Crippen molar-refractivity contribution < 1.29 is 0 Å². The number of rotatable bonds is 3. The Hall–Kier alpha value is -6.62. The summed E-state index contributed by atoms with van der Waals surface area (Å²) in [5.74, 6) is 0. The molecule has 2 aromatic heterocycles. The highest BCUT2D eigenvalue weighted by Gasteiger charge is 2.50. The first-order chi connectivity index (χ1) is 32.9. The highest BCUT2D eigenvalue weighted by Crippen LogP contribution is 2.59. The molecule has 69 heavy (non-hydrogen) atoms. The molecule has 0 saturated heterocycles. The van der Waals surface area contributed by atoms with Gasteiger partial charge in [-0.1, -0.05) is 185 Å². The topological polar surface area (TPSA) is 8.17 Å². The van der Waals surface area contributed by atoms with Crippen LogP contribution in [0.1, 0.15) is 104 Å². The molecule has 0 N–H and O–H groups in total. The van der Waals surface area contributed by atoms with Gasteiger partial charge in [-0.15, -0.1) is 11.3 Å². The minimum absolute atomic E-state index is 0.0296. The Bertz CT molecular complexity index is 3790. The number of fused-ring (bicyclic) bond motifs is 14. The van der Waals surface area contributed by atoms with Crippen molar-refractivity contribution in [1.29, 1.82) is 0 Å². The van der Waals surface area contributed by atoms with Crippen LogP contribution in [0.4, 0.5) is 11.4 Å². The Morgan fingerprint density at radius 1 is 0.507 bits per heavy atom. The molecule has 2 aliphatic heterocycles. The fourth-order valence-electron chi connectivity index (χ4n) is 12.5. The molecule has 0 amide bonds. The molecule has 338 valence electrons. The van der Waals surface area contributed by atoms with Crippen molar-refractivity contribution in [2.45, 2.75) is 97.8 Å². The van der Waals surface area contributed by atoms with E-state index in [-0.39, 0.29) is 28.5 Å². The summed E-state index contributed by atoms with van der Waals surface area (Å²) < 4.78 is 4.02. The molecule has 1 aliphatic carbocycles. The van der Waals surface area contributed by atoms with Crippen molar-refractivity contribution >= 4 is 72.4 Å². The number of aromatic nitrogens is 1. The summed E-state index contributed by atoms with van der Waals surface area (Å²) in [4.78, 5) is 4.04. The highest BCUT2D eigenvalue weighted by molar-refractivity contribution is 7.23. The molecule has 0 atom stereocenters. The van der Waals surface area contributed by atoms with Gasteiger partial charge in [0, 0.05) is 59.3 Å². The van der Waals surface area contributed by atoms with Crippen LogP contribution in [-0.4, -0.2) is 11.4 Å². The van der Waals surface area contributed by atoms with Gasteiger partial charge in [-0.05, 0) is 131 Å². The lowest BCUT2D eigenvalue weighted by Crippen LogP contribution is -2.61. The van der Waals surface area contributed by atoms with Gasteiger partial charge in [-0.2, -0.15) is 0 Å². The quantitative estimate of drug-likeness (QED) is 0.160. The van der Waals surface area contributed by atoms with Crippen LogP contribution in [-0.2, 0) is 21.7 Å². The first-order valence-corrected chi connectivity index (χ1v) is 25.8. The predicted molar refractivity (Wildman–Crippen MR) is 300 cm³/mol. The van der Waals surface area contributed by atoms with Gasteiger partial charge in [0.1, 0.15) is 0 Å². The minimum atomic E-state index is -0.259. The Balaban J connectivity index is 1.26. The summed E-state index contributed by atoms with van der Waals surface area (Å²) in [6.07, 6.45) is 0. The van der Waals surface area contributed by atoms with Crippen LogP contribution in [0.15, 0.2) is 158 Å². The van der Waals surface area contributed by atoms with Crippen LogP contribution >= 0.6 is 11.3 Å². The molecule has 0 unspecified atom stereocenters.